The van der Waals surface area contributed by atoms with Gasteiger partial charge >= 0.3 is 49.0 Å². The summed E-state index contributed by atoms with van der Waals surface area (Å²) in [5.74, 6) is 1.69. The molecular formula is C22H27Cl2N2O2STi. The van der Waals surface area contributed by atoms with Crippen LogP contribution in [0.3, 0.4) is 0 Å². The third-order valence-electron chi connectivity index (χ3n) is 3.62. The van der Waals surface area contributed by atoms with Gasteiger partial charge in [0, 0.05) is 11.4 Å². The van der Waals surface area contributed by atoms with Crippen LogP contribution in [0.1, 0.15) is 20.3 Å². The molecule has 1 aliphatic carbocycles. The fourth-order valence-electron chi connectivity index (χ4n) is 2.34. The van der Waals surface area contributed by atoms with E-state index in [1.54, 1.807) is 0 Å². The van der Waals surface area contributed by atoms with Gasteiger partial charge in [-0.25, -0.2) is 0 Å². The van der Waals surface area contributed by atoms with Gasteiger partial charge < -0.3 is 20.1 Å². The molecule has 0 amide bonds. The fraction of sp³-hybridized carbons (Fsp3) is 0.227. The van der Waals surface area contributed by atoms with Crippen molar-refractivity contribution in [1.29, 1.82) is 0 Å². The third kappa shape index (κ3) is 11.0. The zero-order valence-electron chi connectivity index (χ0n) is 17.0. The van der Waals surface area contributed by atoms with Crippen LogP contribution in [-0.4, -0.2) is 18.3 Å². The molecule has 8 heteroatoms. The van der Waals surface area contributed by atoms with Crippen LogP contribution >= 0.6 is 37.0 Å². The summed E-state index contributed by atoms with van der Waals surface area (Å²) in [4.78, 5) is 0. The molecule has 3 rings (SSSR count). The maximum absolute atomic E-state index is 5.40. The zero-order valence-corrected chi connectivity index (χ0v) is 21.0. The van der Waals surface area contributed by atoms with Crippen molar-refractivity contribution in [2.24, 2.45) is 0 Å². The number of halogens is 2. The van der Waals surface area contributed by atoms with Gasteiger partial charge in [0.25, 0.3) is 0 Å². The molecule has 0 atom stereocenters. The van der Waals surface area contributed by atoms with Crippen molar-refractivity contribution in [2.45, 2.75) is 20.3 Å². The first-order chi connectivity index (χ1) is 13.6. The molecule has 0 aromatic heterocycles. The topological polar surface area (TPSA) is 42.5 Å². The average Bonchev–Trinajstić information content (AvgIpc) is 3.17. The van der Waals surface area contributed by atoms with Crippen LogP contribution in [0.25, 0.3) is 0 Å². The first-order valence-corrected chi connectivity index (χ1v) is 10.4. The summed E-state index contributed by atoms with van der Waals surface area (Å²) in [6, 6.07) is 15.3. The number of thiocarbonyl (C=S) groups is 1. The first kappa shape index (κ1) is 28.5. The molecule has 30 heavy (non-hydrogen) atoms. The molecule has 0 aliphatic heterocycles. The van der Waals surface area contributed by atoms with Crippen molar-refractivity contribution < 1.29 is 29.9 Å². The van der Waals surface area contributed by atoms with Gasteiger partial charge in [-0.1, -0.05) is 0 Å². The van der Waals surface area contributed by atoms with E-state index in [0.717, 1.165) is 22.9 Å². The summed E-state index contributed by atoms with van der Waals surface area (Å²) in [6.07, 6.45) is 7.56. The summed E-state index contributed by atoms with van der Waals surface area (Å²) in [5, 5.41) is 6.80. The van der Waals surface area contributed by atoms with Gasteiger partial charge in [0.2, 0.25) is 0 Å². The van der Waals surface area contributed by atoms with Crippen molar-refractivity contribution in [2.75, 3.05) is 23.8 Å². The van der Waals surface area contributed by atoms with Crippen LogP contribution in [0.5, 0.6) is 11.5 Å². The van der Waals surface area contributed by atoms with Crippen molar-refractivity contribution >= 4 is 53.5 Å². The van der Waals surface area contributed by atoms with Gasteiger partial charge in [0.15, 0.2) is 5.11 Å². The van der Waals surface area contributed by atoms with E-state index in [1.807, 2.05) is 62.4 Å². The average molecular weight is 502 g/mol. The Morgan fingerprint density at radius 3 is 1.57 bits per heavy atom. The predicted molar refractivity (Wildman–Crippen MR) is 131 cm³/mol. The van der Waals surface area contributed by atoms with Gasteiger partial charge in [-0.3, -0.25) is 0 Å². The summed E-state index contributed by atoms with van der Waals surface area (Å²) < 4.78 is 12.3. The Morgan fingerprint density at radius 1 is 0.867 bits per heavy atom. The quantitative estimate of drug-likeness (QED) is 0.348. The van der Waals surface area contributed by atoms with Crippen LogP contribution in [0, 0.1) is 0 Å². The van der Waals surface area contributed by atoms with E-state index < -0.39 is 0 Å². The Kier molecular flexibility index (Phi) is 15.4. The Hall–Kier alpha value is -1.50. The van der Waals surface area contributed by atoms with Crippen molar-refractivity contribution in [3.05, 3.63) is 70.6 Å². The van der Waals surface area contributed by atoms with E-state index in [4.69, 9.17) is 21.7 Å². The molecule has 0 bridgehead atoms. The Bertz CT molecular complexity index is 759. The van der Waals surface area contributed by atoms with E-state index in [2.05, 4.69) is 49.3 Å². The number of anilines is 2. The van der Waals surface area contributed by atoms with E-state index in [-0.39, 0.29) is 24.8 Å². The van der Waals surface area contributed by atoms with E-state index in [9.17, 15) is 0 Å². The van der Waals surface area contributed by atoms with Crippen LogP contribution in [-0.2, 0) is 20.4 Å². The first-order valence-electron chi connectivity index (χ1n) is 9.21. The second kappa shape index (κ2) is 16.2. The van der Waals surface area contributed by atoms with Crippen molar-refractivity contribution in [3.8, 4) is 11.5 Å². The number of allylic oxidation sites excluding steroid dienone is 4. The number of ether oxygens (including phenoxy) is 2. The standard InChI is InChI=1S/C17H20N2O2S.C5H5.2ClH.Ti/c1-3-20-15-9-5-13(6-10-15)18-17(22)19-14-7-11-16(12-8-14)21-4-2;1-2-4-5-3-1;;;/h5-12H,3-4H2,1-2H3,(H2,18,19,22);1-3H,4H2;2*1H;. The minimum absolute atomic E-state index is 0. The van der Waals surface area contributed by atoms with Crippen molar-refractivity contribution in [1.82, 2.24) is 0 Å². The number of benzene rings is 2. The molecule has 161 valence electrons. The Labute approximate surface area is 208 Å². The molecule has 2 aromatic carbocycles. The van der Waals surface area contributed by atoms with Crippen molar-refractivity contribution in [3.63, 3.8) is 0 Å². The number of hydrogen-bond acceptors (Lipinski definition) is 3. The van der Waals surface area contributed by atoms with Gasteiger partial charge in [-0.05, 0) is 74.6 Å². The molecule has 0 spiro atoms. The summed E-state index contributed by atoms with van der Waals surface area (Å²) in [5.41, 5.74) is 1.82. The number of hydrogen-bond donors (Lipinski definition) is 2. The monoisotopic (exact) mass is 501 g/mol. The molecule has 1 aliphatic rings. The Morgan fingerprint density at radius 2 is 1.30 bits per heavy atom. The molecule has 0 saturated carbocycles. The molecule has 0 radical (unpaired) electrons. The van der Waals surface area contributed by atoms with Crippen LogP contribution in [0.15, 0.2) is 70.6 Å². The fourth-order valence-corrected chi connectivity index (χ4v) is 2.91. The molecule has 0 fully saturated rings. The SMILES string of the molecule is CCOc1ccc(NC(=S)Nc2ccc(OCC)cc2)cc1.Cl.Cl.[Ti][C]1=CC=CC1. The second-order valence-electron chi connectivity index (χ2n) is 5.82. The summed E-state index contributed by atoms with van der Waals surface area (Å²) in [6.45, 7) is 5.24. The molecule has 0 saturated heterocycles. The maximum atomic E-state index is 5.40. The van der Waals surface area contributed by atoms with Gasteiger partial charge in [0.05, 0.1) is 13.2 Å². The number of rotatable bonds is 6. The summed E-state index contributed by atoms with van der Waals surface area (Å²) >= 11 is 7.44. The molecule has 0 heterocycles. The normalized spacial score (nSPS) is 10.9. The minimum atomic E-state index is 0. The van der Waals surface area contributed by atoms with E-state index >= 15 is 0 Å². The molecule has 0 unspecified atom stereocenters. The molecular weight excluding hydrogens is 475 g/mol. The van der Waals surface area contributed by atoms with Crippen LogP contribution in [0.4, 0.5) is 11.4 Å². The van der Waals surface area contributed by atoms with Gasteiger partial charge in [-0.15, -0.1) is 24.8 Å². The van der Waals surface area contributed by atoms with Gasteiger partial charge in [-0.2, -0.15) is 0 Å². The van der Waals surface area contributed by atoms with E-state index in [1.165, 1.54) is 10.3 Å². The molecule has 4 nitrogen and oxygen atoms in total. The zero-order chi connectivity index (χ0) is 20.2. The number of nitrogens with one attached hydrogen (secondary N) is 2. The van der Waals surface area contributed by atoms with Crippen LogP contribution < -0.4 is 20.1 Å². The van der Waals surface area contributed by atoms with E-state index in [0.29, 0.717) is 18.3 Å². The van der Waals surface area contributed by atoms with Gasteiger partial charge in [0.1, 0.15) is 11.5 Å². The van der Waals surface area contributed by atoms with Crippen LogP contribution in [0.2, 0.25) is 0 Å². The second-order valence-corrected chi connectivity index (χ2v) is 7.23. The third-order valence-corrected chi connectivity index (χ3v) is 4.40. The molecule has 2 N–H and O–H groups in total. The Balaban J connectivity index is 0.000000906. The summed E-state index contributed by atoms with van der Waals surface area (Å²) in [7, 11) is 0. The molecule has 2 aromatic rings. The predicted octanol–water partition coefficient (Wildman–Crippen LogP) is 6.51.